The van der Waals surface area contributed by atoms with E-state index in [1.54, 1.807) is 12.1 Å². The van der Waals surface area contributed by atoms with Crippen LogP contribution in [0.5, 0.6) is 0 Å². The van der Waals surface area contributed by atoms with Crippen LogP contribution in [0.4, 0.5) is 11.4 Å². The molecule has 0 bridgehead atoms. The number of nitrogens with one attached hydrogen (secondary N) is 2. The molecule has 0 aromatic heterocycles. The minimum Gasteiger partial charge on any atom is -0.396 e. The number of fused-ring (bicyclic) bond motifs is 1. The third kappa shape index (κ3) is 1.86. The van der Waals surface area contributed by atoms with Gasteiger partial charge in [-0.15, -0.1) is 5.53 Å². The maximum atomic E-state index is 8.74. The van der Waals surface area contributed by atoms with Gasteiger partial charge in [-0.3, -0.25) is 5.01 Å². The van der Waals surface area contributed by atoms with E-state index in [1.807, 2.05) is 11.1 Å². The average molecular weight is 204 g/mol. The van der Waals surface area contributed by atoms with Crippen molar-refractivity contribution in [1.29, 1.82) is 5.26 Å². The van der Waals surface area contributed by atoms with E-state index in [-0.39, 0.29) is 6.61 Å². The van der Waals surface area contributed by atoms with Crippen molar-refractivity contribution in [2.75, 3.05) is 23.6 Å². The molecule has 1 aliphatic heterocycles. The molecule has 1 aromatic carbocycles. The largest absolute Gasteiger partial charge is 0.396 e. The average Bonchev–Trinajstić information content (AvgIpc) is 2.68. The summed E-state index contributed by atoms with van der Waals surface area (Å²) in [7, 11) is 0. The summed E-state index contributed by atoms with van der Waals surface area (Å²) in [5.74, 6) is 0. The van der Waals surface area contributed by atoms with Gasteiger partial charge in [0.05, 0.1) is 23.0 Å². The van der Waals surface area contributed by atoms with E-state index < -0.39 is 0 Å². The molecule has 1 aliphatic rings. The van der Waals surface area contributed by atoms with Crippen LogP contribution in [0.25, 0.3) is 0 Å². The van der Waals surface area contributed by atoms with Gasteiger partial charge in [0.15, 0.2) is 0 Å². The van der Waals surface area contributed by atoms with Crippen molar-refractivity contribution in [1.82, 2.24) is 5.53 Å². The van der Waals surface area contributed by atoms with E-state index >= 15 is 0 Å². The van der Waals surface area contributed by atoms with Crippen LogP contribution in [0, 0.1) is 11.3 Å². The predicted octanol–water partition coefficient (Wildman–Crippen LogP) is 0.592. The first-order valence-corrected chi connectivity index (χ1v) is 4.79. The summed E-state index contributed by atoms with van der Waals surface area (Å²) in [5.41, 5.74) is 8.48. The minimum atomic E-state index is 0.170. The van der Waals surface area contributed by atoms with Crippen LogP contribution in [0.15, 0.2) is 18.2 Å². The predicted molar refractivity (Wildman–Crippen MR) is 57.0 cm³/mol. The molecule has 3 N–H and O–H groups in total. The number of aliphatic hydroxyl groups is 1. The lowest BCUT2D eigenvalue weighted by atomic mass is 10.2. The second kappa shape index (κ2) is 4.17. The molecule has 1 aromatic rings. The van der Waals surface area contributed by atoms with Gasteiger partial charge in [0.2, 0.25) is 0 Å². The molecular formula is C10H12N4O. The first-order valence-electron chi connectivity index (χ1n) is 4.79. The molecule has 0 fully saturated rings. The highest BCUT2D eigenvalue weighted by Gasteiger charge is 2.17. The molecule has 0 unspecified atom stereocenters. The molecular weight excluding hydrogens is 192 g/mol. The summed E-state index contributed by atoms with van der Waals surface area (Å²) in [5, 5.41) is 19.4. The number of nitriles is 1. The van der Waals surface area contributed by atoms with Gasteiger partial charge in [0, 0.05) is 13.2 Å². The van der Waals surface area contributed by atoms with Crippen molar-refractivity contribution >= 4 is 11.4 Å². The molecule has 0 atom stereocenters. The Labute approximate surface area is 87.9 Å². The Bertz CT molecular complexity index is 399. The summed E-state index contributed by atoms with van der Waals surface area (Å²) in [4.78, 5) is 0. The summed E-state index contributed by atoms with van der Waals surface area (Å²) in [6, 6.07) is 7.55. The fourth-order valence-electron chi connectivity index (χ4n) is 1.53. The van der Waals surface area contributed by atoms with Crippen LogP contribution in [0.2, 0.25) is 0 Å². The van der Waals surface area contributed by atoms with Crippen LogP contribution < -0.4 is 16.0 Å². The number of hydrogen-bond donors (Lipinski definition) is 3. The van der Waals surface area contributed by atoms with Crippen molar-refractivity contribution in [3.63, 3.8) is 0 Å². The Morgan fingerprint density at radius 3 is 3.07 bits per heavy atom. The maximum absolute atomic E-state index is 8.74. The van der Waals surface area contributed by atoms with E-state index in [9.17, 15) is 0 Å². The van der Waals surface area contributed by atoms with Gasteiger partial charge < -0.3 is 10.5 Å². The minimum absolute atomic E-state index is 0.170. The van der Waals surface area contributed by atoms with E-state index in [0.29, 0.717) is 12.0 Å². The Kier molecular flexibility index (Phi) is 2.72. The number of rotatable bonds is 3. The van der Waals surface area contributed by atoms with Gasteiger partial charge >= 0.3 is 0 Å². The molecule has 0 radical (unpaired) electrons. The van der Waals surface area contributed by atoms with Crippen LogP contribution in [-0.2, 0) is 0 Å². The van der Waals surface area contributed by atoms with Crippen molar-refractivity contribution < 1.29 is 5.11 Å². The van der Waals surface area contributed by atoms with E-state index in [1.165, 1.54) is 0 Å². The quantitative estimate of drug-likeness (QED) is 0.672. The lowest BCUT2D eigenvalue weighted by Gasteiger charge is -2.16. The van der Waals surface area contributed by atoms with Crippen molar-refractivity contribution in [2.24, 2.45) is 0 Å². The zero-order valence-corrected chi connectivity index (χ0v) is 8.20. The Hall–Kier alpha value is -1.77. The Morgan fingerprint density at radius 1 is 1.47 bits per heavy atom. The number of hydrazine groups is 2. The van der Waals surface area contributed by atoms with Gasteiger partial charge in [-0.05, 0) is 24.6 Å². The summed E-state index contributed by atoms with van der Waals surface area (Å²) >= 11 is 0. The zero-order valence-electron chi connectivity index (χ0n) is 8.20. The standard InChI is InChI=1S/C10H12N4O/c11-7-8-2-3-10-9(6-8)12-13-14(10)4-1-5-15/h2-3,6,12-13,15H,1,4-5H2. The van der Waals surface area contributed by atoms with Gasteiger partial charge in [-0.1, -0.05) is 0 Å². The Morgan fingerprint density at radius 2 is 2.33 bits per heavy atom. The second-order valence-electron chi connectivity index (χ2n) is 3.31. The monoisotopic (exact) mass is 204 g/mol. The molecule has 0 aliphatic carbocycles. The van der Waals surface area contributed by atoms with Crippen molar-refractivity contribution in [3.05, 3.63) is 23.8 Å². The van der Waals surface area contributed by atoms with Gasteiger partial charge in [0.1, 0.15) is 0 Å². The number of anilines is 2. The topological polar surface area (TPSA) is 71.3 Å². The SMILES string of the molecule is N#Cc1ccc2c(c1)NNN2CCCO. The van der Waals surface area contributed by atoms with Gasteiger partial charge in [-0.2, -0.15) is 5.26 Å². The molecule has 0 saturated heterocycles. The normalized spacial score (nSPS) is 13.2. The smallest absolute Gasteiger partial charge is 0.0992 e. The lowest BCUT2D eigenvalue weighted by Crippen LogP contribution is -2.36. The number of hydrogen-bond acceptors (Lipinski definition) is 5. The molecule has 5 heteroatoms. The van der Waals surface area contributed by atoms with Crippen LogP contribution >= 0.6 is 0 Å². The van der Waals surface area contributed by atoms with Crippen LogP contribution in [0.1, 0.15) is 12.0 Å². The highest BCUT2D eigenvalue weighted by Crippen LogP contribution is 2.29. The first-order chi connectivity index (χ1) is 7.35. The molecule has 0 amide bonds. The summed E-state index contributed by atoms with van der Waals surface area (Å²) in [6.45, 7) is 0.895. The van der Waals surface area contributed by atoms with Gasteiger partial charge in [0.25, 0.3) is 0 Å². The van der Waals surface area contributed by atoms with Gasteiger partial charge in [-0.25, -0.2) is 0 Å². The summed E-state index contributed by atoms with van der Waals surface area (Å²) < 4.78 is 0. The van der Waals surface area contributed by atoms with E-state index in [0.717, 1.165) is 17.9 Å². The fourth-order valence-corrected chi connectivity index (χ4v) is 1.53. The third-order valence-electron chi connectivity index (χ3n) is 2.28. The molecule has 78 valence electrons. The van der Waals surface area contributed by atoms with E-state index in [4.69, 9.17) is 10.4 Å². The highest BCUT2D eigenvalue weighted by atomic mass is 16.3. The van der Waals surface area contributed by atoms with Crippen LogP contribution in [0.3, 0.4) is 0 Å². The number of nitrogens with zero attached hydrogens (tertiary/aromatic N) is 2. The molecule has 0 spiro atoms. The number of aliphatic hydroxyl groups excluding tert-OH is 1. The third-order valence-corrected chi connectivity index (χ3v) is 2.28. The van der Waals surface area contributed by atoms with Crippen molar-refractivity contribution in [2.45, 2.75) is 6.42 Å². The second-order valence-corrected chi connectivity index (χ2v) is 3.31. The van der Waals surface area contributed by atoms with E-state index in [2.05, 4.69) is 17.0 Å². The molecule has 2 rings (SSSR count). The van der Waals surface area contributed by atoms with Crippen LogP contribution in [-0.4, -0.2) is 18.3 Å². The fraction of sp³-hybridized carbons (Fsp3) is 0.300. The highest BCUT2D eigenvalue weighted by molar-refractivity contribution is 5.74. The number of benzene rings is 1. The maximum Gasteiger partial charge on any atom is 0.0992 e. The molecule has 5 nitrogen and oxygen atoms in total. The first kappa shape index (κ1) is 9.77. The zero-order chi connectivity index (χ0) is 10.7. The summed E-state index contributed by atoms with van der Waals surface area (Å²) in [6.07, 6.45) is 0.703. The molecule has 0 saturated carbocycles. The Balaban J connectivity index is 2.18. The lowest BCUT2D eigenvalue weighted by molar-refractivity contribution is 0.288. The molecule has 1 heterocycles. The van der Waals surface area contributed by atoms with Crippen molar-refractivity contribution in [3.8, 4) is 6.07 Å². The molecule has 15 heavy (non-hydrogen) atoms.